The molecular weight excluding hydrogens is 493 g/mol. The van der Waals surface area contributed by atoms with Crippen molar-refractivity contribution in [2.75, 3.05) is 6.54 Å². The van der Waals surface area contributed by atoms with Crippen LogP contribution in [0.5, 0.6) is 0 Å². The highest BCUT2D eigenvalue weighted by atomic mass is 19.4. The van der Waals surface area contributed by atoms with Crippen LogP contribution in [-0.2, 0) is 24.1 Å². The molecule has 0 amide bonds. The number of rotatable bonds is 7. The summed E-state index contributed by atoms with van der Waals surface area (Å²) in [5, 5.41) is 29.4. The van der Waals surface area contributed by atoms with Crippen LogP contribution in [-0.4, -0.2) is 33.7 Å². The van der Waals surface area contributed by atoms with Crippen LogP contribution in [0.3, 0.4) is 0 Å². The Balaban J connectivity index is 1.74. The van der Waals surface area contributed by atoms with Gasteiger partial charge in [-0.2, -0.15) is 18.4 Å². The monoisotopic (exact) mass is 520 g/mol. The molecule has 1 unspecified atom stereocenters. The van der Waals surface area contributed by atoms with Crippen molar-refractivity contribution in [3.05, 3.63) is 94.0 Å². The third-order valence-corrected chi connectivity index (χ3v) is 6.86. The van der Waals surface area contributed by atoms with Crippen LogP contribution in [0.1, 0.15) is 52.6 Å². The molecule has 8 heteroatoms. The Hall–Kier alpha value is -3.93. The van der Waals surface area contributed by atoms with E-state index in [4.69, 9.17) is 0 Å². The summed E-state index contributed by atoms with van der Waals surface area (Å²) in [4.78, 5) is 13.3. The molecular formula is C30H27F3N2O3. The van der Waals surface area contributed by atoms with Crippen LogP contribution < -0.4 is 0 Å². The first-order chi connectivity index (χ1) is 18.2. The second-order valence-electron chi connectivity index (χ2n) is 9.27. The van der Waals surface area contributed by atoms with Gasteiger partial charge in [-0.15, -0.1) is 0 Å². The van der Waals surface area contributed by atoms with Gasteiger partial charge in [0.15, 0.2) is 0 Å². The fourth-order valence-electron chi connectivity index (χ4n) is 4.94. The van der Waals surface area contributed by atoms with E-state index >= 15 is 0 Å². The van der Waals surface area contributed by atoms with Gasteiger partial charge in [-0.05, 0) is 59.3 Å². The van der Waals surface area contributed by atoms with Crippen LogP contribution in [0.15, 0.2) is 60.7 Å². The number of nitrogens with zero attached hydrogens (tertiary/aromatic N) is 2. The molecule has 1 aliphatic rings. The van der Waals surface area contributed by atoms with Crippen molar-refractivity contribution >= 4 is 18.1 Å². The molecule has 5 nitrogen and oxygen atoms in total. The first-order valence-electron chi connectivity index (χ1n) is 12.3. The largest absolute Gasteiger partial charge is 0.480 e. The van der Waals surface area contributed by atoms with E-state index in [9.17, 15) is 33.4 Å². The molecule has 4 rings (SSSR count). The Morgan fingerprint density at radius 1 is 1.03 bits per heavy atom. The number of aliphatic hydroxyl groups is 1. The van der Waals surface area contributed by atoms with E-state index in [1.807, 2.05) is 30.3 Å². The van der Waals surface area contributed by atoms with E-state index in [0.717, 1.165) is 24.5 Å². The summed E-state index contributed by atoms with van der Waals surface area (Å²) in [6.07, 6.45) is 0.0298. The molecule has 1 fully saturated rings. The minimum absolute atomic E-state index is 0.00235. The molecule has 0 bridgehead atoms. The number of likely N-dealkylation sites (tertiary alicyclic amines) is 1. The van der Waals surface area contributed by atoms with Gasteiger partial charge in [0, 0.05) is 12.1 Å². The highest BCUT2D eigenvalue weighted by Crippen LogP contribution is 2.36. The predicted molar refractivity (Wildman–Crippen MR) is 139 cm³/mol. The lowest BCUT2D eigenvalue weighted by atomic mass is 9.93. The lowest BCUT2D eigenvalue weighted by Crippen LogP contribution is -2.44. The average molecular weight is 521 g/mol. The SMILES string of the molecule is N#Cc1c(C=Cc2cc(CO)c(CN3CCCCC3C(=O)O)cc2C(F)(F)F)cccc1-c1ccccc1. The number of benzene rings is 3. The third kappa shape index (κ3) is 5.96. The number of halogens is 3. The fraction of sp³-hybridized carbons (Fsp3) is 0.267. The summed E-state index contributed by atoms with van der Waals surface area (Å²) in [5.41, 5.74) is 1.81. The molecule has 0 spiro atoms. The summed E-state index contributed by atoms with van der Waals surface area (Å²) in [7, 11) is 0. The van der Waals surface area contributed by atoms with Crippen molar-refractivity contribution in [3.63, 3.8) is 0 Å². The minimum atomic E-state index is -4.68. The molecule has 3 aromatic rings. The highest BCUT2D eigenvalue weighted by Gasteiger charge is 2.35. The third-order valence-electron chi connectivity index (χ3n) is 6.86. The Labute approximate surface area is 219 Å². The number of piperidine rings is 1. The Kier molecular flexibility index (Phi) is 8.30. The summed E-state index contributed by atoms with van der Waals surface area (Å²) in [6.45, 7) is -0.0377. The second-order valence-corrected chi connectivity index (χ2v) is 9.27. The molecule has 2 N–H and O–H groups in total. The normalized spacial score (nSPS) is 16.4. The second kappa shape index (κ2) is 11.6. The van der Waals surface area contributed by atoms with Crippen molar-refractivity contribution in [2.45, 2.75) is 44.6 Å². The zero-order valence-electron chi connectivity index (χ0n) is 20.6. The number of carbonyl (C=O) groups is 1. The topological polar surface area (TPSA) is 84.6 Å². The number of alkyl halides is 3. The summed E-state index contributed by atoms with van der Waals surface area (Å²) >= 11 is 0. The van der Waals surface area contributed by atoms with E-state index in [2.05, 4.69) is 6.07 Å². The minimum Gasteiger partial charge on any atom is -0.480 e. The lowest BCUT2D eigenvalue weighted by Gasteiger charge is -2.33. The predicted octanol–water partition coefficient (Wildman–Crippen LogP) is 6.35. The van der Waals surface area contributed by atoms with E-state index < -0.39 is 30.4 Å². The Morgan fingerprint density at radius 2 is 1.76 bits per heavy atom. The Morgan fingerprint density at radius 3 is 2.42 bits per heavy atom. The van der Waals surface area contributed by atoms with E-state index in [-0.39, 0.29) is 17.7 Å². The number of hydrogen-bond acceptors (Lipinski definition) is 4. The van der Waals surface area contributed by atoms with E-state index in [1.165, 1.54) is 18.2 Å². The molecule has 38 heavy (non-hydrogen) atoms. The van der Waals surface area contributed by atoms with E-state index in [1.54, 1.807) is 23.1 Å². The van der Waals surface area contributed by atoms with Gasteiger partial charge in [-0.25, -0.2) is 0 Å². The van der Waals surface area contributed by atoms with Crippen molar-refractivity contribution in [1.29, 1.82) is 5.26 Å². The van der Waals surface area contributed by atoms with Gasteiger partial charge < -0.3 is 10.2 Å². The smallest absolute Gasteiger partial charge is 0.416 e. The molecule has 1 aliphatic heterocycles. The van der Waals surface area contributed by atoms with Gasteiger partial charge in [0.1, 0.15) is 12.1 Å². The number of nitriles is 1. The molecule has 1 atom stereocenters. The zero-order valence-corrected chi connectivity index (χ0v) is 20.6. The highest BCUT2D eigenvalue weighted by molar-refractivity contribution is 5.81. The van der Waals surface area contributed by atoms with Gasteiger partial charge in [-0.3, -0.25) is 9.69 Å². The summed E-state index contributed by atoms with van der Waals surface area (Å²) in [6, 6.07) is 18.1. The van der Waals surface area contributed by atoms with E-state index in [0.29, 0.717) is 35.2 Å². The molecule has 0 aliphatic carbocycles. The fourth-order valence-corrected chi connectivity index (χ4v) is 4.94. The number of hydrogen-bond donors (Lipinski definition) is 2. The molecule has 0 aromatic heterocycles. The lowest BCUT2D eigenvalue weighted by molar-refractivity contribution is -0.145. The first-order valence-corrected chi connectivity index (χ1v) is 12.3. The number of aliphatic carboxylic acids is 1. The number of aliphatic hydroxyl groups excluding tert-OH is 1. The van der Waals surface area contributed by atoms with Crippen LogP contribution in [0, 0.1) is 11.3 Å². The average Bonchev–Trinajstić information content (AvgIpc) is 2.91. The van der Waals surface area contributed by atoms with Crippen LogP contribution in [0.25, 0.3) is 23.3 Å². The van der Waals surface area contributed by atoms with Gasteiger partial charge in [0.05, 0.1) is 17.7 Å². The maximum Gasteiger partial charge on any atom is 0.416 e. The first kappa shape index (κ1) is 27.1. The summed E-state index contributed by atoms with van der Waals surface area (Å²) in [5.74, 6) is -1.00. The van der Waals surface area contributed by atoms with Crippen molar-refractivity contribution in [3.8, 4) is 17.2 Å². The maximum absolute atomic E-state index is 14.1. The van der Waals surface area contributed by atoms with Crippen molar-refractivity contribution < 1.29 is 28.2 Å². The zero-order chi connectivity index (χ0) is 27.3. The quantitative estimate of drug-likeness (QED) is 0.355. The molecule has 0 radical (unpaired) electrons. The molecule has 1 heterocycles. The molecule has 1 saturated heterocycles. The van der Waals surface area contributed by atoms with Crippen LogP contribution in [0.2, 0.25) is 0 Å². The molecule has 196 valence electrons. The standard InChI is InChI=1S/C30H27F3N2O3/c31-30(32,33)27-16-23(18-35-14-5-4-11-28(35)29(37)38)24(19-36)15-22(27)13-12-21-9-6-10-25(26(21)17-34)20-7-2-1-3-8-20/h1-3,6-10,12-13,15-16,28,36H,4-5,11,14,18-19H2,(H,37,38). The molecule has 0 saturated carbocycles. The Bertz CT molecular complexity index is 1380. The number of carboxylic acid groups (broad SMARTS) is 1. The van der Waals surface area contributed by atoms with Gasteiger partial charge in [0.25, 0.3) is 0 Å². The van der Waals surface area contributed by atoms with Gasteiger partial charge >= 0.3 is 12.1 Å². The van der Waals surface area contributed by atoms with Gasteiger partial charge in [0.2, 0.25) is 0 Å². The number of carboxylic acids is 1. The van der Waals surface area contributed by atoms with Crippen LogP contribution >= 0.6 is 0 Å². The maximum atomic E-state index is 14.1. The van der Waals surface area contributed by atoms with Crippen LogP contribution in [0.4, 0.5) is 13.2 Å². The van der Waals surface area contributed by atoms with Crippen molar-refractivity contribution in [1.82, 2.24) is 4.90 Å². The van der Waals surface area contributed by atoms with Crippen molar-refractivity contribution in [2.24, 2.45) is 0 Å². The molecule has 3 aromatic carbocycles. The van der Waals surface area contributed by atoms with Gasteiger partial charge in [-0.1, -0.05) is 67.1 Å². The summed E-state index contributed by atoms with van der Waals surface area (Å²) < 4.78 is 42.4.